The molecule has 0 aliphatic carbocycles. The average Bonchev–Trinajstić information content (AvgIpc) is 3.12. The molecule has 0 bridgehead atoms. The summed E-state index contributed by atoms with van der Waals surface area (Å²) in [5.74, 6) is 0.601. The maximum atomic E-state index is 13.0. The van der Waals surface area contributed by atoms with Crippen LogP contribution in [0.3, 0.4) is 0 Å². The Balaban J connectivity index is 1.70. The smallest absolute Gasteiger partial charge is 0.332 e. The number of aromatic nitrogens is 4. The van der Waals surface area contributed by atoms with E-state index in [-0.39, 0.29) is 6.54 Å². The molecule has 2 aromatic heterocycles. The Kier molecular flexibility index (Phi) is 5.96. The average molecular weight is 422 g/mol. The molecule has 1 atom stereocenters. The number of aliphatic hydroxyl groups is 1. The Hall–Kier alpha value is -2.21. The van der Waals surface area contributed by atoms with Gasteiger partial charge in [0.05, 0.1) is 25.9 Å². The first kappa shape index (κ1) is 21.0. The monoisotopic (exact) mass is 421 g/mol. The Morgan fingerprint density at radius 3 is 2.30 bits per heavy atom. The van der Waals surface area contributed by atoms with Gasteiger partial charge in [-0.05, 0) is 7.05 Å². The molecule has 2 saturated heterocycles. The number of imidazole rings is 1. The van der Waals surface area contributed by atoms with Crippen molar-refractivity contribution in [3.05, 3.63) is 20.8 Å². The molecule has 4 rings (SSSR count). The first-order valence-electron chi connectivity index (χ1n) is 10.4. The summed E-state index contributed by atoms with van der Waals surface area (Å²) in [5.41, 5.74) is -0.120. The van der Waals surface area contributed by atoms with Crippen molar-refractivity contribution in [2.75, 3.05) is 71.0 Å². The third kappa shape index (κ3) is 3.89. The summed E-state index contributed by atoms with van der Waals surface area (Å²) in [6.45, 7) is 6.97. The molecule has 0 radical (unpaired) electrons. The molecule has 2 aliphatic rings. The molecule has 4 heterocycles. The summed E-state index contributed by atoms with van der Waals surface area (Å²) in [5, 5.41) is 10.9. The Morgan fingerprint density at radius 1 is 0.967 bits per heavy atom. The first-order chi connectivity index (χ1) is 14.4. The number of fused-ring (bicyclic) bond motifs is 1. The number of piperazine rings is 1. The van der Waals surface area contributed by atoms with Crippen LogP contribution in [0.25, 0.3) is 11.2 Å². The van der Waals surface area contributed by atoms with Crippen molar-refractivity contribution in [1.29, 1.82) is 0 Å². The van der Waals surface area contributed by atoms with E-state index in [0.29, 0.717) is 50.0 Å². The van der Waals surface area contributed by atoms with Crippen LogP contribution in [0.2, 0.25) is 0 Å². The van der Waals surface area contributed by atoms with Gasteiger partial charge in [-0.3, -0.25) is 18.8 Å². The topological polar surface area (TPSA) is 101 Å². The minimum atomic E-state index is -0.660. The van der Waals surface area contributed by atoms with E-state index in [0.717, 1.165) is 30.7 Å². The summed E-state index contributed by atoms with van der Waals surface area (Å²) >= 11 is 0. The lowest BCUT2D eigenvalue weighted by Gasteiger charge is -2.34. The van der Waals surface area contributed by atoms with Crippen LogP contribution in [0.5, 0.6) is 0 Å². The molecule has 11 nitrogen and oxygen atoms in total. The van der Waals surface area contributed by atoms with Crippen molar-refractivity contribution in [3.8, 4) is 0 Å². The SMILES string of the molecule is CN1CCN(CC(O)Cn2c(N3CCOCC3)nc3c2c(=O)n(C)c(=O)n3C)CC1. The fourth-order valence-corrected chi connectivity index (χ4v) is 4.21. The highest BCUT2D eigenvalue weighted by atomic mass is 16.5. The second kappa shape index (κ2) is 8.50. The number of ether oxygens (including phenoxy) is 1. The van der Waals surface area contributed by atoms with Crippen LogP contribution in [0, 0.1) is 0 Å². The van der Waals surface area contributed by atoms with Gasteiger partial charge in [0, 0.05) is 59.9 Å². The highest BCUT2D eigenvalue weighted by Crippen LogP contribution is 2.21. The molecule has 0 aromatic carbocycles. The van der Waals surface area contributed by atoms with E-state index >= 15 is 0 Å². The molecular weight excluding hydrogens is 390 g/mol. The van der Waals surface area contributed by atoms with Crippen molar-refractivity contribution >= 4 is 17.1 Å². The summed E-state index contributed by atoms with van der Waals surface area (Å²) < 4.78 is 9.72. The summed E-state index contributed by atoms with van der Waals surface area (Å²) in [4.78, 5) is 36.6. The molecule has 0 spiro atoms. The lowest BCUT2D eigenvalue weighted by Crippen LogP contribution is -2.47. The van der Waals surface area contributed by atoms with Crippen LogP contribution >= 0.6 is 0 Å². The molecule has 30 heavy (non-hydrogen) atoms. The van der Waals surface area contributed by atoms with Crippen LogP contribution in [0.4, 0.5) is 5.95 Å². The van der Waals surface area contributed by atoms with Gasteiger partial charge in [0.2, 0.25) is 5.95 Å². The maximum absolute atomic E-state index is 13.0. The van der Waals surface area contributed by atoms with Crippen molar-refractivity contribution < 1.29 is 9.84 Å². The van der Waals surface area contributed by atoms with Gasteiger partial charge < -0.3 is 24.2 Å². The predicted molar refractivity (Wildman–Crippen MR) is 113 cm³/mol. The zero-order chi connectivity index (χ0) is 21.4. The van der Waals surface area contributed by atoms with Gasteiger partial charge in [-0.15, -0.1) is 0 Å². The molecule has 2 fully saturated rings. The molecule has 11 heteroatoms. The predicted octanol–water partition coefficient (Wildman–Crippen LogP) is -2.12. The number of anilines is 1. The number of aryl methyl sites for hydroxylation is 1. The molecule has 1 unspecified atom stereocenters. The molecular formula is C19H31N7O4. The Bertz CT molecular complexity index is 1010. The maximum Gasteiger partial charge on any atom is 0.332 e. The standard InChI is InChI=1S/C19H31N7O4/c1-21-4-6-24(7-5-21)12-14(27)13-26-15-16(22(2)19(29)23(3)17(15)28)20-18(26)25-8-10-30-11-9-25/h14,27H,4-13H2,1-3H3. The number of hydrogen-bond donors (Lipinski definition) is 1. The van der Waals surface area contributed by atoms with Crippen LogP contribution in [0.1, 0.15) is 0 Å². The van der Waals surface area contributed by atoms with Crippen LogP contribution in [0.15, 0.2) is 9.59 Å². The van der Waals surface area contributed by atoms with Crippen molar-refractivity contribution in [3.63, 3.8) is 0 Å². The minimum Gasteiger partial charge on any atom is -0.390 e. The quantitative estimate of drug-likeness (QED) is 0.585. The number of aliphatic hydroxyl groups excluding tert-OH is 1. The van der Waals surface area contributed by atoms with Gasteiger partial charge in [0.1, 0.15) is 0 Å². The van der Waals surface area contributed by atoms with Crippen LogP contribution < -0.4 is 16.1 Å². The fraction of sp³-hybridized carbons (Fsp3) is 0.737. The lowest BCUT2D eigenvalue weighted by molar-refractivity contribution is 0.0715. The molecule has 0 saturated carbocycles. The summed E-state index contributed by atoms with van der Waals surface area (Å²) in [6, 6.07) is 0. The van der Waals surface area contributed by atoms with Gasteiger partial charge in [0.15, 0.2) is 11.2 Å². The fourth-order valence-electron chi connectivity index (χ4n) is 4.21. The summed E-state index contributed by atoms with van der Waals surface area (Å²) in [6.07, 6.45) is -0.660. The van der Waals surface area contributed by atoms with Gasteiger partial charge in [0.25, 0.3) is 5.56 Å². The van der Waals surface area contributed by atoms with Crippen molar-refractivity contribution in [1.82, 2.24) is 28.5 Å². The van der Waals surface area contributed by atoms with E-state index in [2.05, 4.69) is 26.7 Å². The Labute approximate surface area is 174 Å². The summed E-state index contributed by atoms with van der Waals surface area (Å²) in [7, 11) is 5.18. The first-order valence-corrected chi connectivity index (χ1v) is 10.4. The molecule has 166 valence electrons. The van der Waals surface area contributed by atoms with E-state index < -0.39 is 17.4 Å². The van der Waals surface area contributed by atoms with E-state index in [4.69, 9.17) is 4.74 Å². The highest BCUT2D eigenvalue weighted by molar-refractivity contribution is 5.74. The van der Waals surface area contributed by atoms with Crippen LogP contribution in [-0.4, -0.2) is 106 Å². The number of rotatable bonds is 5. The number of nitrogens with zero attached hydrogens (tertiary/aromatic N) is 7. The largest absolute Gasteiger partial charge is 0.390 e. The number of likely N-dealkylation sites (N-methyl/N-ethyl adjacent to an activating group) is 1. The number of β-amino-alcohol motifs (C(OH)–C–C–N with tert-alkyl or cyclic N) is 1. The minimum absolute atomic E-state index is 0.239. The second-order valence-electron chi connectivity index (χ2n) is 8.26. The van der Waals surface area contributed by atoms with E-state index in [9.17, 15) is 14.7 Å². The van der Waals surface area contributed by atoms with E-state index in [1.807, 2.05) is 0 Å². The third-order valence-electron chi connectivity index (χ3n) is 6.08. The zero-order valence-electron chi connectivity index (χ0n) is 18.0. The lowest BCUT2D eigenvalue weighted by atomic mass is 10.2. The van der Waals surface area contributed by atoms with Crippen LogP contribution in [-0.2, 0) is 25.4 Å². The van der Waals surface area contributed by atoms with Gasteiger partial charge >= 0.3 is 5.69 Å². The van der Waals surface area contributed by atoms with E-state index in [1.165, 1.54) is 11.6 Å². The number of morpholine rings is 1. The van der Waals surface area contributed by atoms with Gasteiger partial charge in [-0.2, -0.15) is 4.98 Å². The molecule has 0 amide bonds. The van der Waals surface area contributed by atoms with Crippen molar-refractivity contribution in [2.45, 2.75) is 12.6 Å². The third-order valence-corrected chi connectivity index (χ3v) is 6.08. The second-order valence-corrected chi connectivity index (χ2v) is 8.26. The molecule has 2 aromatic rings. The Morgan fingerprint density at radius 2 is 1.63 bits per heavy atom. The zero-order valence-corrected chi connectivity index (χ0v) is 18.0. The highest BCUT2D eigenvalue weighted by Gasteiger charge is 2.26. The number of hydrogen-bond acceptors (Lipinski definition) is 8. The van der Waals surface area contributed by atoms with E-state index in [1.54, 1.807) is 11.6 Å². The molecule has 2 aliphatic heterocycles. The van der Waals surface area contributed by atoms with Crippen molar-refractivity contribution in [2.24, 2.45) is 14.1 Å². The molecule has 1 N–H and O–H groups in total. The normalized spacial score (nSPS) is 20.2. The van der Waals surface area contributed by atoms with Gasteiger partial charge in [-0.25, -0.2) is 4.79 Å². The van der Waals surface area contributed by atoms with Gasteiger partial charge in [-0.1, -0.05) is 0 Å².